The largest absolute Gasteiger partial charge is 0.399 e. The normalized spacial score (nSPS) is 20.8. The number of nitrogens with two attached hydrogens (primary N) is 1. The molecule has 4 heteroatoms. The van der Waals surface area contributed by atoms with Crippen molar-refractivity contribution in [3.63, 3.8) is 0 Å². The fraction of sp³-hybridized carbons (Fsp3) is 0.125. The smallest absolute Gasteiger partial charge is 0.198 e. The van der Waals surface area contributed by atoms with Crippen molar-refractivity contribution < 1.29 is 4.84 Å². The van der Waals surface area contributed by atoms with E-state index in [-0.39, 0.29) is 6.17 Å². The van der Waals surface area contributed by atoms with Crippen LogP contribution < -0.4 is 11.2 Å². The van der Waals surface area contributed by atoms with Crippen LogP contribution in [0.15, 0.2) is 29.3 Å². The molecule has 1 aromatic carbocycles. The summed E-state index contributed by atoms with van der Waals surface area (Å²) in [5.41, 5.74) is 10.1. The maximum Gasteiger partial charge on any atom is 0.198 e. The third kappa shape index (κ3) is 1.24. The molecule has 2 rings (SSSR count). The van der Waals surface area contributed by atoms with Crippen LogP contribution in [-0.4, -0.2) is 6.40 Å². The van der Waals surface area contributed by atoms with Crippen molar-refractivity contribution in [3.8, 4) is 0 Å². The van der Waals surface area contributed by atoms with Crippen LogP contribution in [0.2, 0.25) is 0 Å². The minimum Gasteiger partial charge on any atom is -0.399 e. The number of hydrogen-bond acceptors (Lipinski definition) is 4. The summed E-state index contributed by atoms with van der Waals surface area (Å²) < 4.78 is 0. The van der Waals surface area contributed by atoms with Gasteiger partial charge in [-0.1, -0.05) is 12.1 Å². The Morgan fingerprint density at radius 1 is 1.50 bits per heavy atom. The minimum absolute atomic E-state index is 0.117. The molecule has 1 atom stereocenters. The molecule has 0 spiro atoms. The van der Waals surface area contributed by atoms with Gasteiger partial charge in [0.15, 0.2) is 12.6 Å². The lowest BCUT2D eigenvalue weighted by Crippen LogP contribution is -2.12. The number of rotatable bonds is 1. The molecular formula is C8H9N3O. The van der Waals surface area contributed by atoms with Gasteiger partial charge in [-0.05, 0) is 17.7 Å². The molecule has 0 aromatic heterocycles. The van der Waals surface area contributed by atoms with Gasteiger partial charge in [0.05, 0.1) is 0 Å². The van der Waals surface area contributed by atoms with E-state index in [2.05, 4.69) is 10.5 Å². The molecule has 0 bridgehead atoms. The molecule has 1 aliphatic rings. The number of hydroxylamine groups is 1. The lowest BCUT2D eigenvalue weighted by atomic mass is 10.1. The Balaban J connectivity index is 2.27. The van der Waals surface area contributed by atoms with Gasteiger partial charge in [0.1, 0.15) is 0 Å². The third-order valence-corrected chi connectivity index (χ3v) is 1.67. The van der Waals surface area contributed by atoms with E-state index in [1.165, 1.54) is 6.40 Å². The maximum atomic E-state index is 5.61. The zero-order chi connectivity index (χ0) is 8.39. The molecule has 0 aliphatic carbocycles. The molecule has 12 heavy (non-hydrogen) atoms. The second-order valence-corrected chi connectivity index (χ2v) is 2.56. The first-order chi connectivity index (χ1) is 5.86. The fourth-order valence-electron chi connectivity index (χ4n) is 1.10. The molecule has 1 aliphatic heterocycles. The van der Waals surface area contributed by atoms with E-state index < -0.39 is 0 Å². The van der Waals surface area contributed by atoms with E-state index in [4.69, 9.17) is 10.6 Å². The second kappa shape index (κ2) is 2.83. The summed E-state index contributed by atoms with van der Waals surface area (Å²) in [7, 11) is 0. The van der Waals surface area contributed by atoms with Crippen molar-refractivity contribution in [2.75, 3.05) is 5.73 Å². The molecule has 0 saturated carbocycles. The Bertz CT molecular complexity index is 311. The molecule has 1 aromatic rings. The predicted molar refractivity (Wildman–Crippen MR) is 46.3 cm³/mol. The summed E-state index contributed by atoms with van der Waals surface area (Å²) in [6.07, 6.45) is 1.27. The van der Waals surface area contributed by atoms with E-state index in [1.807, 2.05) is 24.3 Å². The fourth-order valence-corrected chi connectivity index (χ4v) is 1.10. The van der Waals surface area contributed by atoms with Crippen molar-refractivity contribution in [2.45, 2.75) is 6.17 Å². The first kappa shape index (κ1) is 7.12. The highest BCUT2D eigenvalue weighted by Crippen LogP contribution is 2.18. The average molecular weight is 163 g/mol. The lowest BCUT2D eigenvalue weighted by molar-refractivity contribution is 0.188. The van der Waals surface area contributed by atoms with Crippen LogP contribution in [0.4, 0.5) is 5.69 Å². The molecule has 0 radical (unpaired) electrons. The molecule has 1 unspecified atom stereocenters. The van der Waals surface area contributed by atoms with E-state index in [0.29, 0.717) is 0 Å². The van der Waals surface area contributed by atoms with E-state index >= 15 is 0 Å². The quantitative estimate of drug-likeness (QED) is 0.603. The first-order valence-corrected chi connectivity index (χ1v) is 3.64. The number of nitrogens with zero attached hydrogens (tertiary/aromatic N) is 1. The SMILES string of the molecule is Nc1cccc(C2N=CON2)c1. The minimum atomic E-state index is -0.117. The third-order valence-electron chi connectivity index (χ3n) is 1.67. The Morgan fingerprint density at radius 3 is 3.08 bits per heavy atom. The highest BCUT2D eigenvalue weighted by Gasteiger charge is 2.12. The van der Waals surface area contributed by atoms with Gasteiger partial charge < -0.3 is 10.6 Å². The molecule has 62 valence electrons. The van der Waals surface area contributed by atoms with Gasteiger partial charge in [-0.2, -0.15) is 0 Å². The van der Waals surface area contributed by atoms with Gasteiger partial charge in [-0.25, -0.2) is 4.99 Å². The molecule has 1 heterocycles. The summed E-state index contributed by atoms with van der Waals surface area (Å²) >= 11 is 0. The monoisotopic (exact) mass is 163 g/mol. The van der Waals surface area contributed by atoms with Crippen molar-refractivity contribution >= 4 is 12.1 Å². The number of anilines is 1. The summed E-state index contributed by atoms with van der Waals surface area (Å²) in [6, 6.07) is 7.53. The number of benzene rings is 1. The molecule has 0 fully saturated rings. The number of nitrogens with one attached hydrogen (secondary N) is 1. The number of aliphatic imine (C=N–C) groups is 1. The first-order valence-electron chi connectivity index (χ1n) is 3.64. The number of hydrogen-bond donors (Lipinski definition) is 2. The highest BCUT2D eigenvalue weighted by atomic mass is 16.7. The maximum absolute atomic E-state index is 5.61. The zero-order valence-corrected chi connectivity index (χ0v) is 6.40. The summed E-state index contributed by atoms with van der Waals surface area (Å²) in [5.74, 6) is 0. The summed E-state index contributed by atoms with van der Waals surface area (Å²) in [5, 5.41) is 0. The molecule has 0 amide bonds. The van der Waals surface area contributed by atoms with Crippen molar-refractivity contribution in [1.82, 2.24) is 5.48 Å². The van der Waals surface area contributed by atoms with Crippen molar-refractivity contribution in [3.05, 3.63) is 29.8 Å². The van der Waals surface area contributed by atoms with Crippen LogP contribution in [0, 0.1) is 0 Å². The van der Waals surface area contributed by atoms with Crippen molar-refractivity contribution in [1.29, 1.82) is 0 Å². The number of nitrogen functional groups attached to an aromatic ring is 1. The lowest BCUT2D eigenvalue weighted by Gasteiger charge is -2.06. The topological polar surface area (TPSA) is 59.6 Å². The average Bonchev–Trinajstić information content (AvgIpc) is 2.56. The van der Waals surface area contributed by atoms with E-state index in [1.54, 1.807) is 0 Å². The van der Waals surface area contributed by atoms with Gasteiger partial charge in [0.2, 0.25) is 0 Å². The van der Waals surface area contributed by atoms with Crippen LogP contribution in [0.3, 0.4) is 0 Å². The highest BCUT2D eigenvalue weighted by molar-refractivity contribution is 5.50. The Morgan fingerprint density at radius 2 is 2.42 bits per heavy atom. The van der Waals surface area contributed by atoms with Crippen LogP contribution >= 0.6 is 0 Å². The molecule has 3 N–H and O–H groups in total. The van der Waals surface area contributed by atoms with Crippen LogP contribution in [0.25, 0.3) is 0 Å². The van der Waals surface area contributed by atoms with Crippen LogP contribution in [0.5, 0.6) is 0 Å². The van der Waals surface area contributed by atoms with Crippen molar-refractivity contribution in [2.24, 2.45) is 4.99 Å². The second-order valence-electron chi connectivity index (χ2n) is 2.56. The summed E-state index contributed by atoms with van der Waals surface area (Å²) in [4.78, 5) is 8.80. The van der Waals surface area contributed by atoms with Gasteiger partial charge in [-0.15, -0.1) is 5.48 Å². The predicted octanol–water partition coefficient (Wildman–Crippen LogP) is 0.831. The Hall–Kier alpha value is -1.55. The van der Waals surface area contributed by atoms with E-state index in [9.17, 15) is 0 Å². The Labute approximate surface area is 70.0 Å². The Kier molecular flexibility index (Phi) is 1.68. The van der Waals surface area contributed by atoms with Crippen LogP contribution in [-0.2, 0) is 4.84 Å². The van der Waals surface area contributed by atoms with Gasteiger partial charge >= 0.3 is 0 Å². The van der Waals surface area contributed by atoms with Gasteiger partial charge in [-0.3, -0.25) is 0 Å². The van der Waals surface area contributed by atoms with Gasteiger partial charge in [0.25, 0.3) is 0 Å². The van der Waals surface area contributed by atoms with Crippen LogP contribution in [0.1, 0.15) is 11.7 Å². The molecular weight excluding hydrogens is 154 g/mol. The van der Waals surface area contributed by atoms with Gasteiger partial charge in [0, 0.05) is 5.69 Å². The van der Waals surface area contributed by atoms with E-state index in [0.717, 1.165) is 11.3 Å². The standard InChI is InChI=1S/C8H9N3O/c9-7-3-1-2-6(4-7)8-10-5-12-11-8/h1-5,8,11H,9H2. The zero-order valence-electron chi connectivity index (χ0n) is 6.40. The molecule has 4 nitrogen and oxygen atoms in total. The summed E-state index contributed by atoms with van der Waals surface area (Å²) in [6.45, 7) is 0. The molecule has 0 saturated heterocycles.